The lowest BCUT2D eigenvalue weighted by Crippen LogP contribution is -2.29. The largest absolute Gasteiger partial charge is 0.401 e. The van der Waals surface area contributed by atoms with E-state index in [0.717, 1.165) is 17.0 Å². The first-order valence-electron chi connectivity index (χ1n) is 3.48. The highest BCUT2D eigenvalue weighted by Crippen LogP contribution is 2.09. The molecule has 56 valence electrons. The maximum absolute atomic E-state index is 5.42. The van der Waals surface area contributed by atoms with Crippen LogP contribution in [0.5, 0.6) is 0 Å². The summed E-state index contributed by atoms with van der Waals surface area (Å²) in [5, 5.41) is 0. The van der Waals surface area contributed by atoms with Crippen molar-refractivity contribution in [3.8, 4) is 0 Å². The molecule has 0 atom stereocenters. The van der Waals surface area contributed by atoms with Crippen molar-refractivity contribution in [2.45, 2.75) is 6.92 Å². The number of rotatable bonds is 0. The zero-order valence-corrected chi connectivity index (χ0v) is 6.53. The van der Waals surface area contributed by atoms with Gasteiger partial charge in [0.1, 0.15) is 13.2 Å². The van der Waals surface area contributed by atoms with Crippen LogP contribution in [0.3, 0.4) is 0 Å². The van der Waals surface area contributed by atoms with Crippen LogP contribution < -0.4 is 4.57 Å². The maximum Gasteiger partial charge on any atom is 0.344 e. The zero-order valence-electron chi connectivity index (χ0n) is 6.53. The van der Waals surface area contributed by atoms with Gasteiger partial charge in [0, 0.05) is 12.3 Å². The molecule has 2 rings (SSSR count). The Morgan fingerprint density at radius 3 is 3.09 bits per heavy atom. The monoisotopic (exact) mass is 149 g/mol. The Labute approximate surface area is 64.3 Å². The van der Waals surface area contributed by atoms with Crippen LogP contribution >= 0.6 is 0 Å². The van der Waals surface area contributed by atoms with Crippen molar-refractivity contribution in [1.82, 2.24) is 4.98 Å². The second kappa shape index (κ2) is 2.05. The zero-order chi connectivity index (χ0) is 7.84. The summed E-state index contributed by atoms with van der Waals surface area (Å²) in [6.07, 6.45) is 3.52. The molecular weight excluding hydrogens is 140 g/mol. The molecule has 0 spiro atoms. The van der Waals surface area contributed by atoms with Crippen LogP contribution in [0.2, 0.25) is 0 Å². The van der Waals surface area contributed by atoms with Crippen molar-refractivity contribution in [2.75, 3.05) is 0 Å². The van der Waals surface area contributed by atoms with E-state index in [9.17, 15) is 0 Å². The van der Waals surface area contributed by atoms with Crippen molar-refractivity contribution in [1.29, 1.82) is 0 Å². The summed E-state index contributed by atoms with van der Waals surface area (Å²) in [5.74, 6) is 0.896. The summed E-state index contributed by atoms with van der Waals surface area (Å²) in [6, 6.07) is 1.86. The van der Waals surface area contributed by atoms with Crippen LogP contribution in [0.25, 0.3) is 11.1 Å². The van der Waals surface area contributed by atoms with Gasteiger partial charge in [-0.1, -0.05) is 0 Å². The van der Waals surface area contributed by atoms with Crippen LogP contribution in [0, 0.1) is 6.92 Å². The van der Waals surface area contributed by atoms with Crippen molar-refractivity contribution < 1.29 is 8.98 Å². The van der Waals surface area contributed by atoms with Gasteiger partial charge >= 0.3 is 5.89 Å². The molecule has 0 radical (unpaired) electrons. The van der Waals surface area contributed by atoms with Gasteiger partial charge in [-0.3, -0.25) is 4.98 Å². The van der Waals surface area contributed by atoms with Gasteiger partial charge in [0.25, 0.3) is 5.52 Å². The Kier molecular flexibility index (Phi) is 1.18. The Morgan fingerprint density at radius 1 is 1.55 bits per heavy atom. The first-order valence-corrected chi connectivity index (χ1v) is 3.48. The summed E-state index contributed by atoms with van der Waals surface area (Å²) in [4.78, 5) is 4.01. The normalized spacial score (nSPS) is 10.7. The molecule has 0 bridgehead atoms. The van der Waals surface area contributed by atoms with Crippen LogP contribution in [0.4, 0.5) is 0 Å². The highest BCUT2D eigenvalue weighted by Gasteiger charge is 2.13. The van der Waals surface area contributed by atoms with E-state index >= 15 is 0 Å². The van der Waals surface area contributed by atoms with Crippen LogP contribution in [0.1, 0.15) is 5.89 Å². The molecule has 0 amide bonds. The summed E-state index contributed by atoms with van der Waals surface area (Å²) in [6.45, 7) is 1.93. The average Bonchev–Trinajstić information content (AvgIpc) is 2.30. The van der Waals surface area contributed by atoms with E-state index in [1.807, 2.05) is 24.6 Å². The molecule has 0 aromatic carbocycles. The van der Waals surface area contributed by atoms with Gasteiger partial charge in [-0.2, -0.15) is 4.57 Å². The fraction of sp³-hybridized carbons (Fsp3) is 0.250. The van der Waals surface area contributed by atoms with Crippen LogP contribution in [0.15, 0.2) is 22.9 Å². The average molecular weight is 149 g/mol. The third-order valence-corrected chi connectivity index (χ3v) is 1.85. The summed E-state index contributed by atoms with van der Waals surface area (Å²) in [7, 11) is 1.96. The lowest BCUT2D eigenvalue weighted by atomic mass is 10.4. The van der Waals surface area contributed by atoms with Gasteiger partial charge in [-0.25, -0.2) is 0 Å². The number of hydrogen-bond acceptors (Lipinski definition) is 2. The molecule has 0 aliphatic rings. The number of aromatic nitrogens is 2. The highest BCUT2D eigenvalue weighted by atomic mass is 16.3. The second-order valence-corrected chi connectivity index (χ2v) is 2.52. The molecule has 2 aromatic rings. The Morgan fingerprint density at radius 2 is 2.36 bits per heavy atom. The molecular formula is C8H9N2O+. The fourth-order valence-electron chi connectivity index (χ4n) is 1.11. The maximum atomic E-state index is 5.42. The van der Waals surface area contributed by atoms with Crippen LogP contribution in [-0.4, -0.2) is 4.98 Å². The molecule has 0 N–H and O–H groups in total. The summed E-state index contributed by atoms with van der Waals surface area (Å²) in [5.41, 5.74) is 1.92. The highest BCUT2D eigenvalue weighted by molar-refractivity contribution is 5.66. The molecule has 0 aliphatic carbocycles. The first kappa shape index (κ1) is 6.34. The molecule has 0 saturated heterocycles. The number of aryl methyl sites for hydroxylation is 2. The van der Waals surface area contributed by atoms with Crippen molar-refractivity contribution in [3.05, 3.63) is 24.4 Å². The van der Waals surface area contributed by atoms with Gasteiger partial charge in [0.2, 0.25) is 5.58 Å². The first-order chi connectivity index (χ1) is 5.29. The van der Waals surface area contributed by atoms with E-state index in [1.54, 1.807) is 12.4 Å². The molecule has 3 nitrogen and oxygen atoms in total. The third-order valence-electron chi connectivity index (χ3n) is 1.85. The molecule has 2 heterocycles. The quantitative estimate of drug-likeness (QED) is 0.522. The number of fused-ring (bicyclic) bond motifs is 1. The SMILES string of the molecule is Cc1oc2ccncc2[n+]1C. The third kappa shape index (κ3) is 0.808. The minimum Gasteiger partial charge on any atom is -0.401 e. The van der Waals surface area contributed by atoms with E-state index in [-0.39, 0.29) is 0 Å². The molecule has 0 unspecified atom stereocenters. The van der Waals surface area contributed by atoms with Crippen molar-refractivity contribution in [3.63, 3.8) is 0 Å². The lowest BCUT2D eigenvalue weighted by molar-refractivity contribution is -0.657. The number of nitrogens with zero attached hydrogens (tertiary/aromatic N) is 2. The Balaban J connectivity index is 2.92. The smallest absolute Gasteiger partial charge is 0.344 e. The van der Waals surface area contributed by atoms with E-state index in [1.165, 1.54) is 0 Å². The standard InChI is InChI=1S/C8H9N2O/c1-6-10(2)7-5-9-4-3-8(7)11-6/h3-5H,1-2H3/q+1. The van der Waals surface area contributed by atoms with E-state index < -0.39 is 0 Å². The van der Waals surface area contributed by atoms with Gasteiger partial charge in [-0.05, 0) is 0 Å². The minimum atomic E-state index is 0.889. The minimum absolute atomic E-state index is 0.889. The Hall–Kier alpha value is -1.38. The van der Waals surface area contributed by atoms with Gasteiger partial charge in [-0.15, -0.1) is 0 Å². The van der Waals surface area contributed by atoms with Crippen molar-refractivity contribution in [2.24, 2.45) is 7.05 Å². The van der Waals surface area contributed by atoms with Gasteiger partial charge in [0.05, 0.1) is 6.92 Å². The van der Waals surface area contributed by atoms with E-state index in [0.29, 0.717) is 0 Å². The molecule has 0 saturated carbocycles. The predicted octanol–water partition coefficient (Wildman–Crippen LogP) is 0.961. The topological polar surface area (TPSA) is 29.9 Å². The van der Waals surface area contributed by atoms with Gasteiger partial charge in [0.15, 0.2) is 0 Å². The molecule has 11 heavy (non-hydrogen) atoms. The Bertz CT molecular complexity index is 392. The summed E-state index contributed by atoms with van der Waals surface area (Å²) < 4.78 is 7.40. The number of pyridine rings is 1. The summed E-state index contributed by atoms with van der Waals surface area (Å²) >= 11 is 0. The molecule has 0 aliphatic heterocycles. The predicted molar refractivity (Wildman–Crippen MR) is 39.9 cm³/mol. The molecule has 2 aromatic heterocycles. The lowest BCUT2D eigenvalue weighted by Gasteiger charge is -1.79. The van der Waals surface area contributed by atoms with Gasteiger partial charge < -0.3 is 4.42 Å². The van der Waals surface area contributed by atoms with Crippen LogP contribution in [-0.2, 0) is 7.05 Å². The number of hydrogen-bond donors (Lipinski definition) is 0. The van der Waals surface area contributed by atoms with E-state index in [2.05, 4.69) is 4.98 Å². The molecule has 3 heteroatoms. The number of oxazole rings is 1. The van der Waals surface area contributed by atoms with E-state index in [4.69, 9.17) is 4.42 Å². The molecule has 0 fully saturated rings. The van der Waals surface area contributed by atoms with Crippen molar-refractivity contribution >= 4 is 11.1 Å². The second-order valence-electron chi connectivity index (χ2n) is 2.52. The fourth-order valence-corrected chi connectivity index (χ4v) is 1.11.